The number of hydrogen-bond donors (Lipinski definition) is 0. The molecule has 0 amide bonds. The quantitative estimate of drug-likeness (QED) is 0.569. The first-order valence-electron chi connectivity index (χ1n) is 5.48. The third-order valence-electron chi connectivity index (χ3n) is 2.40. The van der Waals surface area contributed by atoms with Gasteiger partial charge in [0, 0.05) is 11.6 Å². The van der Waals surface area contributed by atoms with Gasteiger partial charge in [0.15, 0.2) is 5.43 Å². The molecule has 90 valence electrons. The number of rotatable bonds is 6. The van der Waals surface area contributed by atoms with Crippen LogP contribution < -0.4 is 5.43 Å². The van der Waals surface area contributed by atoms with Gasteiger partial charge in [-0.15, -0.1) is 34.9 Å². The molecule has 0 N–H and O–H groups in total. The van der Waals surface area contributed by atoms with Crippen molar-refractivity contribution in [1.82, 2.24) is 0 Å². The van der Waals surface area contributed by atoms with E-state index in [1.807, 2.05) is 6.26 Å². The number of thioether (sulfide) groups is 2. The van der Waals surface area contributed by atoms with Crippen molar-refractivity contribution in [3.05, 3.63) is 21.9 Å². The van der Waals surface area contributed by atoms with Crippen molar-refractivity contribution in [2.75, 3.05) is 12.5 Å². The van der Waals surface area contributed by atoms with Crippen LogP contribution in [0.5, 0.6) is 0 Å². The predicted octanol–water partition coefficient (Wildman–Crippen LogP) is 4.28. The lowest BCUT2D eigenvalue weighted by Crippen LogP contribution is -2.08. The molecule has 0 aliphatic carbocycles. The first-order chi connectivity index (χ1) is 7.72. The highest BCUT2D eigenvalue weighted by Crippen LogP contribution is 2.30. The Kier molecular flexibility index (Phi) is 6.54. The van der Waals surface area contributed by atoms with E-state index in [-0.39, 0.29) is 5.43 Å². The summed E-state index contributed by atoms with van der Waals surface area (Å²) in [4.78, 5) is 12.0. The average Bonchev–Trinajstić information content (AvgIpc) is 2.30. The second-order valence-electron chi connectivity index (χ2n) is 3.56. The Morgan fingerprint density at radius 2 is 2.00 bits per heavy atom. The molecule has 0 spiro atoms. The van der Waals surface area contributed by atoms with Crippen molar-refractivity contribution in [2.24, 2.45) is 0 Å². The topological polar surface area (TPSA) is 17.1 Å². The zero-order chi connectivity index (χ0) is 12.0. The van der Waals surface area contributed by atoms with E-state index in [1.54, 1.807) is 40.9 Å². The minimum atomic E-state index is 0.226. The molecule has 0 bridgehead atoms. The van der Waals surface area contributed by atoms with Crippen LogP contribution in [0.15, 0.2) is 19.3 Å². The lowest BCUT2D eigenvalue weighted by atomic mass is 10.1. The van der Waals surface area contributed by atoms with Crippen LogP contribution in [-0.4, -0.2) is 12.5 Å². The molecule has 0 unspecified atom stereocenters. The summed E-state index contributed by atoms with van der Waals surface area (Å²) in [7, 11) is 0. The predicted molar refractivity (Wildman–Crippen MR) is 77.4 cm³/mol. The monoisotopic (exact) mass is 274 g/mol. The second kappa shape index (κ2) is 7.41. The molecule has 1 rings (SSSR count). The smallest absolute Gasteiger partial charge is 0.185 e. The van der Waals surface area contributed by atoms with Crippen molar-refractivity contribution >= 4 is 34.9 Å². The summed E-state index contributed by atoms with van der Waals surface area (Å²) >= 11 is 5.10. The van der Waals surface area contributed by atoms with Crippen LogP contribution in [0.4, 0.5) is 0 Å². The van der Waals surface area contributed by atoms with Gasteiger partial charge in [0.25, 0.3) is 0 Å². The standard InChI is InChI=1S/C12H18OS3/c1-4-5-6-7-9-10(13)8-11(14-2)16-12(9)15-3/h8H,4-7H2,1-3H3. The molecule has 0 atom stereocenters. The van der Waals surface area contributed by atoms with Gasteiger partial charge >= 0.3 is 0 Å². The normalized spacial score (nSPS) is 10.7. The fourth-order valence-corrected chi connectivity index (χ4v) is 4.21. The lowest BCUT2D eigenvalue weighted by molar-refractivity contribution is 0.711. The minimum absolute atomic E-state index is 0.226. The zero-order valence-electron chi connectivity index (χ0n) is 10.0. The molecule has 0 fully saturated rings. The fourth-order valence-electron chi connectivity index (χ4n) is 1.52. The van der Waals surface area contributed by atoms with Crippen LogP contribution in [0.2, 0.25) is 0 Å². The van der Waals surface area contributed by atoms with E-state index in [2.05, 4.69) is 13.2 Å². The van der Waals surface area contributed by atoms with Crippen LogP contribution >= 0.6 is 34.9 Å². The van der Waals surface area contributed by atoms with Gasteiger partial charge in [0.05, 0.1) is 8.42 Å². The Balaban J connectivity index is 2.93. The van der Waals surface area contributed by atoms with E-state index in [0.717, 1.165) is 22.6 Å². The van der Waals surface area contributed by atoms with Crippen molar-refractivity contribution < 1.29 is 0 Å². The summed E-state index contributed by atoms with van der Waals surface area (Å²) in [6.07, 6.45) is 8.56. The third-order valence-corrected chi connectivity index (χ3v) is 5.79. The average molecular weight is 274 g/mol. The SMILES string of the molecule is CCCCCc1c(SC)sc(SC)cc1=O. The van der Waals surface area contributed by atoms with Crippen molar-refractivity contribution in [2.45, 2.75) is 41.0 Å². The minimum Gasteiger partial charge on any atom is -0.290 e. The summed E-state index contributed by atoms with van der Waals surface area (Å²) < 4.78 is 2.32. The van der Waals surface area contributed by atoms with Crippen LogP contribution in [0.25, 0.3) is 0 Å². The van der Waals surface area contributed by atoms with Crippen LogP contribution in [0.3, 0.4) is 0 Å². The molecular formula is C12H18OS3. The first-order valence-corrected chi connectivity index (χ1v) is 8.74. The van der Waals surface area contributed by atoms with Gasteiger partial charge in [-0.2, -0.15) is 0 Å². The van der Waals surface area contributed by atoms with Gasteiger partial charge in [-0.25, -0.2) is 0 Å². The molecule has 0 aromatic carbocycles. The van der Waals surface area contributed by atoms with Crippen molar-refractivity contribution in [3.8, 4) is 0 Å². The maximum Gasteiger partial charge on any atom is 0.185 e. The largest absolute Gasteiger partial charge is 0.290 e. The molecule has 0 saturated carbocycles. The molecule has 1 aromatic rings. The highest BCUT2D eigenvalue weighted by Gasteiger charge is 2.09. The van der Waals surface area contributed by atoms with Crippen LogP contribution in [0, 0.1) is 0 Å². The number of unbranched alkanes of at least 4 members (excludes halogenated alkanes) is 2. The van der Waals surface area contributed by atoms with Crippen LogP contribution in [-0.2, 0) is 6.42 Å². The van der Waals surface area contributed by atoms with Gasteiger partial charge in [-0.05, 0) is 25.4 Å². The molecule has 1 nitrogen and oxygen atoms in total. The van der Waals surface area contributed by atoms with E-state index in [4.69, 9.17) is 0 Å². The van der Waals surface area contributed by atoms with Crippen LogP contribution in [0.1, 0.15) is 31.7 Å². The summed E-state index contributed by atoms with van der Waals surface area (Å²) in [5.74, 6) is 0. The van der Waals surface area contributed by atoms with Crippen molar-refractivity contribution in [1.29, 1.82) is 0 Å². The van der Waals surface area contributed by atoms with Gasteiger partial charge in [-0.3, -0.25) is 4.79 Å². The third kappa shape index (κ3) is 3.82. The maximum absolute atomic E-state index is 12.0. The second-order valence-corrected chi connectivity index (χ2v) is 6.79. The summed E-state index contributed by atoms with van der Waals surface area (Å²) in [6, 6.07) is 1.79. The first kappa shape index (κ1) is 14.1. The molecule has 1 aromatic heterocycles. The Labute approximate surface area is 110 Å². The molecule has 0 aliphatic rings. The van der Waals surface area contributed by atoms with Gasteiger partial charge in [-0.1, -0.05) is 19.8 Å². The van der Waals surface area contributed by atoms with E-state index in [9.17, 15) is 4.79 Å². The fraction of sp³-hybridized carbons (Fsp3) is 0.583. The number of hydrogen-bond acceptors (Lipinski definition) is 4. The molecule has 0 saturated heterocycles. The maximum atomic E-state index is 12.0. The summed E-state index contributed by atoms with van der Waals surface area (Å²) in [5, 5.41) is 0. The highest BCUT2D eigenvalue weighted by atomic mass is 32.2. The van der Waals surface area contributed by atoms with E-state index in [1.165, 1.54) is 17.1 Å². The molecular weight excluding hydrogens is 256 g/mol. The molecule has 0 radical (unpaired) electrons. The molecule has 1 heterocycles. The van der Waals surface area contributed by atoms with Gasteiger partial charge < -0.3 is 0 Å². The lowest BCUT2D eigenvalue weighted by Gasteiger charge is -2.06. The molecule has 4 heteroatoms. The zero-order valence-corrected chi connectivity index (χ0v) is 12.5. The van der Waals surface area contributed by atoms with Crippen molar-refractivity contribution in [3.63, 3.8) is 0 Å². The van der Waals surface area contributed by atoms with Gasteiger partial charge in [0.2, 0.25) is 0 Å². The van der Waals surface area contributed by atoms with Gasteiger partial charge in [0.1, 0.15) is 0 Å². The summed E-state index contributed by atoms with van der Waals surface area (Å²) in [5.41, 5.74) is 1.26. The summed E-state index contributed by atoms with van der Waals surface area (Å²) in [6.45, 7) is 2.19. The molecule has 16 heavy (non-hydrogen) atoms. The van der Waals surface area contributed by atoms with E-state index >= 15 is 0 Å². The highest BCUT2D eigenvalue weighted by molar-refractivity contribution is 8.02. The Morgan fingerprint density at radius 3 is 2.56 bits per heavy atom. The van der Waals surface area contributed by atoms with E-state index < -0.39 is 0 Å². The Hall–Kier alpha value is 0.0700. The van der Waals surface area contributed by atoms with E-state index in [0.29, 0.717) is 0 Å². The molecule has 0 aliphatic heterocycles. The Bertz CT molecular complexity index is 384. The Morgan fingerprint density at radius 1 is 1.25 bits per heavy atom.